The van der Waals surface area contributed by atoms with Gasteiger partial charge in [-0.2, -0.15) is 5.26 Å². The molecule has 1 saturated carbocycles. The zero-order valence-electron chi connectivity index (χ0n) is 12.6. The van der Waals surface area contributed by atoms with Crippen molar-refractivity contribution in [1.82, 2.24) is 9.88 Å². The van der Waals surface area contributed by atoms with Crippen molar-refractivity contribution in [3.05, 3.63) is 27.9 Å². The third-order valence-electron chi connectivity index (χ3n) is 3.91. The van der Waals surface area contributed by atoms with Crippen molar-refractivity contribution < 1.29 is 14.8 Å². The van der Waals surface area contributed by atoms with Crippen LogP contribution in [0.4, 0.5) is 11.5 Å². The molecule has 0 saturated heterocycles. The van der Waals surface area contributed by atoms with Crippen molar-refractivity contribution in [2.45, 2.75) is 31.8 Å². The fraction of sp³-hybridized carbons (Fsp3) is 0.500. The molecule has 2 N–H and O–H groups in total. The van der Waals surface area contributed by atoms with Gasteiger partial charge in [0.15, 0.2) is 0 Å². The highest BCUT2D eigenvalue weighted by atomic mass is 16.6. The smallest absolute Gasteiger partial charge is 0.317 e. The minimum absolute atomic E-state index is 0.00183. The number of carbonyl (C=O) groups is 1. The van der Waals surface area contributed by atoms with Gasteiger partial charge in [-0.3, -0.25) is 19.8 Å². The Morgan fingerprint density at radius 1 is 1.65 bits per heavy atom. The quantitative estimate of drug-likeness (QED) is 0.566. The van der Waals surface area contributed by atoms with Crippen molar-refractivity contribution in [3.8, 4) is 6.07 Å². The van der Waals surface area contributed by atoms with Crippen LogP contribution in [0, 0.1) is 21.4 Å². The van der Waals surface area contributed by atoms with E-state index in [-0.39, 0.29) is 35.7 Å². The summed E-state index contributed by atoms with van der Waals surface area (Å²) in [6.45, 7) is 2.53. The van der Waals surface area contributed by atoms with Crippen molar-refractivity contribution in [2.75, 3.05) is 18.4 Å². The summed E-state index contributed by atoms with van der Waals surface area (Å²) in [5.41, 5.74) is -0.0993. The van der Waals surface area contributed by atoms with Crippen molar-refractivity contribution in [3.63, 3.8) is 0 Å². The van der Waals surface area contributed by atoms with Crippen molar-refractivity contribution in [2.24, 2.45) is 0 Å². The molecule has 9 nitrogen and oxygen atoms in total. The van der Waals surface area contributed by atoms with E-state index in [0.29, 0.717) is 19.4 Å². The minimum Gasteiger partial charge on any atom is -0.480 e. The van der Waals surface area contributed by atoms with E-state index in [1.165, 1.54) is 12.3 Å². The molecular formula is C14H17N5O4. The molecule has 0 amide bonds. The molecule has 0 aromatic carbocycles. The van der Waals surface area contributed by atoms with E-state index in [1.807, 2.05) is 17.9 Å². The van der Waals surface area contributed by atoms with Crippen LogP contribution in [0.15, 0.2) is 12.3 Å². The number of anilines is 1. The molecule has 1 fully saturated rings. The van der Waals surface area contributed by atoms with Gasteiger partial charge in [0, 0.05) is 24.3 Å². The molecule has 9 heteroatoms. The van der Waals surface area contributed by atoms with Crippen molar-refractivity contribution in [1.29, 1.82) is 5.26 Å². The number of carboxylic acids is 1. The second-order valence-electron chi connectivity index (χ2n) is 5.38. The maximum absolute atomic E-state index is 11.1. The Kier molecular flexibility index (Phi) is 5.08. The number of nitrogens with one attached hydrogen (secondary N) is 1. The second-order valence-corrected chi connectivity index (χ2v) is 5.38. The van der Waals surface area contributed by atoms with Gasteiger partial charge in [0.25, 0.3) is 0 Å². The number of hydrogen-bond acceptors (Lipinski definition) is 7. The van der Waals surface area contributed by atoms with Crippen LogP contribution in [0.2, 0.25) is 0 Å². The van der Waals surface area contributed by atoms with Gasteiger partial charge in [-0.1, -0.05) is 6.92 Å². The van der Waals surface area contributed by atoms with Crippen LogP contribution >= 0.6 is 0 Å². The highest BCUT2D eigenvalue weighted by Crippen LogP contribution is 2.31. The molecule has 0 spiro atoms. The Morgan fingerprint density at radius 3 is 2.87 bits per heavy atom. The summed E-state index contributed by atoms with van der Waals surface area (Å²) in [7, 11) is 0. The lowest BCUT2D eigenvalue weighted by Crippen LogP contribution is -2.51. The van der Waals surface area contributed by atoms with E-state index in [1.54, 1.807) is 0 Å². The minimum atomic E-state index is -0.868. The maximum atomic E-state index is 11.1. The Balaban J connectivity index is 1.99. The summed E-state index contributed by atoms with van der Waals surface area (Å²) in [4.78, 5) is 27.1. The first-order chi connectivity index (χ1) is 10.9. The summed E-state index contributed by atoms with van der Waals surface area (Å²) in [5.74, 6) is -0.730. The topological polar surface area (TPSA) is 132 Å². The van der Waals surface area contributed by atoms with Gasteiger partial charge in [-0.25, -0.2) is 4.98 Å². The molecule has 1 aromatic heterocycles. The third-order valence-corrected chi connectivity index (χ3v) is 3.91. The van der Waals surface area contributed by atoms with Crippen LogP contribution < -0.4 is 5.32 Å². The molecular weight excluding hydrogens is 302 g/mol. The largest absolute Gasteiger partial charge is 0.480 e. The second kappa shape index (κ2) is 7.02. The molecule has 1 aromatic rings. The van der Waals surface area contributed by atoms with Gasteiger partial charge in [-0.05, 0) is 19.4 Å². The summed E-state index contributed by atoms with van der Waals surface area (Å²) in [5, 5.41) is 31.7. The monoisotopic (exact) mass is 319 g/mol. The molecule has 1 aliphatic carbocycles. The number of aromatic nitrogens is 1. The van der Waals surface area contributed by atoms with Crippen LogP contribution in [0.5, 0.6) is 0 Å². The van der Waals surface area contributed by atoms with Crippen LogP contribution in [0.1, 0.15) is 25.3 Å². The number of nitriles is 1. The average molecular weight is 319 g/mol. The number of pyridine rings is 1. The van der Waals surface area contributed by atoms with Gasteiger partial charge >= 0.3 is 11.7 Å². The van der Waals surface area contributed by atoms with Gasteiger partial charge in [-0.15, -0.1) is 0 Å². The van der Waals surface area contributed by atoms with Crippen LogP contribution in [0.25, 0.3) is 0 Å². The molecule has 0 atom stereocenters. The van der Waals surface area contributed by atoms with E-state index in [9.17, 15) is 14.9 Å². The number of rotatable bonds is 7. The predicted octanol–water partition coefficient (Wildman–Crippen LogP) is 1.21. The SMILES string of the molecule is CCN(CC(=O)O)C1CC(Nc2ncc(C#N)cc2[N+](=O)[O-])C1. The summed E-state index contributed by atoms with van der Waals surface area (Å²) in [6.07, 6.45) is 2.67. The molecule has 23 heavy (non-hydrogen) atoms. The molecule has 2 rings (SSSR count). The lowest BCUT2D eigenvalue weighted by atomic mass is 9.85. The van der Waals surface area contributed by atoms with Gasteiger partial charge in [0.1, 0.15) is 6.07 Å². The highest BCUT2D eigenvalue weighted by Gasteiger charge is 2.35. The number of nitrogens with zero attached hydrogens (tertiary/aromatic N) is 4. The fourth-order valence-corrected chi connectivity index (χ4v) is 2.63. The first-order valence-corrected chi connectivity index (χ1v) is 7.21. The number of hydrogen-bond donors (Lipinski definition) is 2. The van der Waals surface area contributed by atoms with Gasteiger partial charge in [0.05, 0.1) is 17.0 Å². The Labute approximate surface area is 132 Å². The van der Waals surface area contributed by atoms with Gasteiger partial charge in [0.2, 0.25) is 5.82 Å². The molecule has 1 heterocycles. The zero-order chi connectivity index (χ0) is 17.0. The van der Waals surface area contributed by atoms with Crippen LogP contribution in [-0.2, 0) is 4.79 Å². The maximum Gasteiger partial charge on any atom is 0.317 e. The van der Waals surface area contributed by atoms with E-state index in [4.69, 9.17) is 10.4 Å². The lowest BCUT2D eigenvalue weighted by molar-refractivity contribution is -0.384. The van der Waals surface area contributed by atoms with Crippen LogP contribution in [-0.4, -0.2) is 51.1 Å². The number of nitro groups is 1. The third kappa shape index (κ3) is 3.92. The lowest BCUT2D eigenvalue weighted by Gasteiger charge is -2.42. The summed E-state index contributed by atoms with van der Waals surface area (Å²) >= 11 is 0. The summed E-state index contributed by atoms with van der Waals surface area (Å²) < 4.78 is 0. The van der Waals surface area contributed by atoms with E-state index in [2.05, 4.69) is 10.3 Å². The highest BCUT2D eigenvalue weighted by molar-refractivity contribution is 5.69. The molecule has 0 radical (unpaired) electrons. The zero-order valence-corrected chi connectivity index (χ0v) is 12.6. The average Bonchev–Trinajstić information content (AvgIpc) is 2.48. The molecule has 1 aliphatic rings. The standard InChI is InChI=1S/C14H17N5O4/c1-2-18(8-13(20)21)11-4-10(5-11)17-14-12(19(22)23)3-9(6-15)7-16-14/h3,7,10-11H,2,4-5,8H2,1H3,(H,16,17)(H,20,21). The van der Waals surface area contributed by atoms with Crippen LogP contribution in [0.3, 0.4) is 0 Å². The van der Waals surface area contributed by atoms with E-state index < -0.39 is 10.9 Å². The van der Waals surface area contributed by atoms with E-state index >= 15 is 0 Å². The normalized spacial score (nSPS) is 19.7. The van der Waals surface area contributed by atoms with Gasteiger partial charge < -0.3 is 10.4 Å². The number of aliphatic carboxylic acids is 1. The Bertz CT molecular complexity index is 651. The molecule has 0 bridgehead atoms. The fourth-order valence-electron chi connectivity index (χ4n) is 2.63. The first-order valence-electron chi connectivity index (χ1n) is 7.21. The number of carboxylic acid groups (broad SMARTS) is 1. The number of likely N-dealkylation sites (N-methyl/N-ethyl adjacent to an activating group) is 1. The van der Waals surface area contributed by atoms with E-state index in [0.717, 1.165) is 0 Å². The molecule has 122 valence electrons. The first kappa shape index (κ1) is 16.6. The molecule has 0 unspecified atom stereocenters. The van der Waals surface area contributed by atoms with Crippen molar-refractivity contribution >= 4 is 17.5 Å². The Morgan fingerprint density at radius 2 is 2.35 bits per heavy atom. The molecule has 0 aliphatic heterocycles. The summed E-state index contributed by atoms with van der Waals surface area (Å²) in [6, 6.07) is 3.16. The Hall–Kier alpha value is -2.73. The predicted molar refractivity (Wildman–Crippen MR) is 80.9 cm³/mol.